The molecule has 92 valence electrons. The largest absolute Gasteiger partial charge is 0.478 e. The highest BCUT2D eigenvalue weighted by atomic mass is 16.5. The zero-order chi connectivity index (χ0) is 13.2. The number of carbonyl (C=O) groups is 2. The molecule has 1 aromatic rings. The molecular formula is C12H15NO4. The summed E-state index contributed by atoms with van der Waals surface area (Å²) in [6, 6.07) is 4.50. The van der Waals surface area contributed by atoms with Gasteiger partial charge in [-0.3, -0.25) is 4.79 Å². The van der Waals surface area contributed by atoms with E-state index >= 15 is 0 Å². The van der Waals surface area contributed by atoms with Crippen molar-refractivity contribution < 1.29 is 19.4 Å². The second-order valence-corrected chi connectivity index (χ2v) is 4.22. The third-order valence-electron chi connectivity index (χ3n) is 2.70. The number of hydrogen-bond acceptors (Lipinski definition) is 4. The SMILES string of the molecule is COC(=O)C(C)(C)c1ccc(N)c(C(=O)O)c1. The fraction of sp³-hybridized carbons (Fsp3) is 0.333. The number of nitrogen functional groups attached to an aromatic ring is 1. The van der Waals surface area contributed by atoms with Crippen LogP contribution in [0.5, 0.6) is 0 Å². The first-order valence-electron chi connectivity index (χ1n) is 5.02. The first-order valence-corrected chi connectivity index (χ1v) is 5.02. The van der Waals surface area contributed by atoms with Gasteiger partial charge in [-0.25, -0.2) is 4.79 Å². The monoisotopic (exact) mass is 237 g/mol. The van der Waals surface area contributed by atoms with Gasteiger partial charge in [-0.2, -0.15) is 0 Å². The van der Waals surface area contributed by atoms with Crippen molar-refractivity contribution in [2.75, 3.05) is 12.8 Å². The van der Waals surface area contributed by atoms with Crippen LogP contribution >= 0.6 is 0 Å². The Morgan fingerprint density at radius 3 is 2.41 bits per heavy atom. The van der Waals surface area contributed by atoms with Crippen molar-refractivity contribution in [3.63, 3.8) is 0 Å². The molecule has 0 saturated carbocycles. The van der Waals surface area contributed by atoms with Crippen LogP contribution in [0.3, 0.4) is 0 Å². The second-order valence-electron chi connectivity index (χ2n) is 4.22. The molecule has 1 aromatic carbocycles. The highest BCUT2D eigenvalue weighted by Gasteiger charge is 2.31. The number of esters is 1. The van der Waals surface area contributed by atoms with Gasteiger partial charge in [0.1, 0.15) is 0 Å². The molecule has 17 heavy (non-hydrogen) atoms. The van der Waals surface area contributed by atoms with E-state index in [9.17, 15) is 9.59 Å². The van der Waals surface area contributed by atoms with Crippen LogP contribution in [0, 0.1) is 0 Å². The number of anilines is 1. The standard InChI is InChI=1S/C12H15NO4/c1-12(2,11(16)17-3)7-4-5-9(13)8(6-7)10(14)15/h4-6H,13H2,1-3H3,(H,14,15). The van der Waals surface area contributed by atoms with E-state index in [0.29, 0.717) is 5.56 Å². The number of benzene rings is 1. The molecule has 5 heteroatoms. The number of aromatic carboxylic acids is 1. The van der Waals surface area contributed by atoms with E-state index < -0.39 is 17.4 Å². The fourth-order valence-corrected chi connectivity index (χ4v) is 1.50. The summed E-state index contributed by atoms with van der Waals surface area (Å²) in [5.74, 6) is -1.55. The van der Waals surface area contributed by atoms with Gasteiger partial charge in [0.15, 0.2) is 0 Å². The Bertz CT molecular complexity index is 466. The third kappa shape index (κ3) is 2.38. The Morgan fingerprint density at radius 2 is 1.94 bits per heavy atom. The van der Waals surface area contributed by atoms with Gasteiger partial charge in [0, 0.05) is 5.69 Å². The van der Waals surface area contributed by atoms with Crippen molar-refractivity contribution in [3.05, 3.63) is 29.3 Å². The van der Waals surface area contributed by atoms with Gasteiger partial charge in [-0.05, 0) is 31.5 Å². The van der Waals surface area contributed by atoms with E-state index in [1.807, 2.05) is 0 Å². The molecule has 0 saturated heterocycles. The zero-order valence-corrected chi connectivity index (χ0v) is 9.98. The van der Waals surface area contributed by atoms with Gasteiger partial charge in [0.2, 0.25) is 0 Å². The molecule has 0 aliphatic carbocycles. The van der Waals surface area contributed by atoms with Crippen LogP contribution < -0.4 is 5.73 Å². The topological polar surface area (TPSA) is 89.6 Å². The van der Waals surface area contributed by atoms with Crippen LogP contribution in [0.4, 0.5) is 5.69 Å². The Kier molecular flexibility index (Phi) is 3.41. The maximum Gasteiger partial charge on any atom is 0.337 e. The average Bonchev–Trinajstić information content (AvgIpc) is 2.27. The zero-order valence-electron chi connectivity index (χ0n) is 9.98. The number of ether oxygens (including phenoxy) is 1. The van der Waals surface area contributed by atoms with Crippen LogP contribution in [-0.4, -0.2) is 24.2 Å². The smallest absolute Gasteiger partial charge is 0.337 e. The minimum Gasteiger partial charge on any atom is -0.478 e. The van der Waals surface area contributed by atoms with E-state index in [2.05, 4.69) is 4.74 Å². The first kappa shape index (κ1) is 13.0. The van der Waals surface area contributed by atoms with Crippen LogP contribution in [-0.2, 0) is 14.9 Å². The normalized spacial score (nSPS) is 11.0. The highest BCUT2D eigenvalue weighted by molar-refractivity contribution is 5.94. The van der Waals surface area contributed by atoms with E-state index in [0.717, 1.165) is 0 Å². The first-order chi connectivity index (χ1) is 7.80. The molecule has 0 bridgehead atoms. The van der Waals surface area contributed by atoms with Crippen LogP contribution in [0.25, 0.3) is 0 Å². The van der Waals surface area contributed by atoms with Crippen molar-refractivity contribution >= 4 is 17.6 Å². The van der Waals surface area contributed by atoms with Gasteiger partial charge in [0.25, 0.3) is 0 Å². The molecule has 5 nitrogen and oxygen atoms in total. The van der Waals surface area contributed by atoms with E-state index in [1.165, 1.54) is 19.2 Å². The molecule has 0 aliphatic rings. The molecule has 0 spiro atoms. The van der Waals surface area contributed by atoms with Crippen molar-refractivity contribution in [2.24, 2.45) is 0 Å². The summed E-state index contributed by atoms with van der Waals surface area (Å²) in [5.41, 5.74) is 5.34. The Morgan fingerprint density at radius 1 is 1.35 bits per heavy atom. The Labute approximate surface area is 99.2 Å². The predicted molar refractivity (Wildman–Crippen MR) is 62.9 cm³/mol. The molecule has 0 unspecified atom stereocenters. The predicted octanol–water partition coefficient (Wildman–Crippen LogP) is 1.42. The number of hydrogen-bond donors (Lipinski definition) is 2. The van der Waals surface area contributed by atoms with E-state index in [4.69, 9.17) is 10.8 Å². The molecule has 0 atom stereocenters. The number of carboxylic acids is 1. The summed E-state index contributed by atoms with van der Waals surface area (Å²) in [6.07, 6.45) is 0. The minimum atomic E-state index is -1.12. The minimum absolute atomic E-state index is 0.0144. The van der Waals surface area contributed by atoms with Gasteiger partial charge < -0.3 is 15.6 Å². The molecule has 0 amide bonds. The average molecular weight is 237 g/mol. The molecule has 0 aliphatic heterocycles. The summed E-state index contributed by atoms with van der Waals surface area (Å²) in [7, 11) is 1.29. The van der Waals surface area contributed by atoms with Crippen LogP contribution in [0.2, 0.25) is 0 Å². The molecule has 0 radical (unpaired) electrons. The molecule has 0 aromatic heterocycles. The maximum absolute atomic E-state index is 11.6. The van der Waals surface area contributed by atoms with E-state index in [-0.39, 0.29) is 11.3 Å². The number of carbonyl (C=O) groups excluding carboxylic acids is 1. The molecular weight excluding hydrogens is 222 g/mol. The molecule has 1 rings (SSSR count). The lowest BCUT2D eigenvalue weighted by Crippen LogP contribution is -2.30. The quantitative estimate of drug-likeness (QED) is 0.613. The van der Waals surface area contributed by atoms with Crippen molar-refractivity contribution in [1.82, 2.24) is 0 Å². The van der Waals surface area contributed by atoms with Crippen molar-refractivity contribution in [2.45, 2.75) is 19.3 Å². The second kappa shape index (κ2) is 4.45. The number of nitrogens with two attached hydrogens (primary N) is 1. The van der Waals surface area contributed by atoms with Gasteiger partial charge >= 0.3 is 11.9 Å². The van der Waals surface area contributed by atoms with Gasteiger partial charge in [-0.15, -0.1) is 0 Å². The van der Waals surface area contributed by atoms with E-state index in [1.54, 1.807) is 19.9 Å². The Hall–Kier alpha value is -2.04. The maximum atomic E-state index is 11.6. The number of carboxylic acid groups (broad SMARTS) is 1. The number of rotatable bonds is 3. The summed E-state index contributed by atoms with van der Waals surface area (Å²) in [6.45, 7) is 3.33. The Balaban J connectivity index is 3.29. The molecule has 0 fully saturated rings. The lowest BCUT2D eigenvalue weighted by molar-refractivity contribution is -0.146. The lowest BCUT2D eigenvalue weighted by atomic mass is 9.83. The highest BCUT2D eigenvalue weighted by Crippen LogP contribution is 2.27. The molecule has 3 N–H and O–H groups in total. The lowest BCUT2D eigenvalue weighted by Gasteiger charge is -2.22. The number of methoxy groups -OCH3 is 1. The molecule has 0 heterocycles. The van der Waals surface area contributed by atoms with Crippen LogP contribution in [0.15, 0.2) is 18.2 Å². The summed E-state index contributed by atoms with van der Waals surface area (Å²) in [4.78, 5) is 22.5. The third-order valence-corrected chi connectivity index (χ3v) is 2.70. The van der Waals surface area contributed by atoms with Gasteiger partial charge in [-0.1, -0.05) is 6.07 Å². The summed E-state index contributed by atoms with van der Waals surface area (Å²) < 4.78 is 4.68. The summed E-state index contributed by atoms with van der Waals surface area (Å²) in [5, 5.41) is 8.96. The fourth-order valence-electron chi connectivity index (χ4n) is 1.50. The summed E-state index contributed by atoms with van der Waals surface area (Å²) >= 11 is 0. The van der Waals surface area contributed by atoms with Gasteiger partial charge in [0.05, 0.1) is 18.1 Å². The van der Waals surface area contributed by atoms with Crippen molar-refractivity contribution in [3.8, 4) is 0 Å². The van der Waals surface area contributed by atoms with Crippen LogP contribution in [0.1, 0.15) is 29.8 Å². The van der Waals surface area contributed by atoms with Crippen molar-refractivity contribution in [1.29, 1.82) is 0 Å².